The van der Waals surface area contributed by atoms with Crippen molar-refractivity contribution in [2.75, 3.05) is 19.6 Å². The van der Waals surface area contributed by atoms with Gasteiger partial charge in [0.2, 0.25) is 0 Å². The largest absolute Gasteiger partial charge is 0.416 e. The zero-order valence-electron chi connectivity index (χ0n) is 21.1. The van der Waals surface area contributed by atoms with Gasteiger partial charge in [0.25, 0.3) is 0 Å². The molecule has 0 bridgehead atoms. The van der Waals surface area contributed by atoms with E-state index < -0.39 is 11.7 Å². The van der Waals surface area contributed by atoms with Crippen molar-refractivity contribution in [2.24, 2.45) is 0 Å². The van der Waals surface area contributed by atoms with Crippen LogP contribution < -0.4 is 0 Å². The van der Waals surface area contributed by atoms with Crippen molar-refractivity contribution in [3.05, 3.63) is 101 Å². The molecule has 1 aromatic heterocycles. The Bertz CT molecular complexity index is 1430. The van der Waals surface area contributed by atoms with Crippen LogP contribution in [0.1, 0.15) is 47.9 Å². The number of unbranched alkanes of at least 4 members (excludes halogenated alkanes) is 1. The predicted molar refractivity (Wildman–Crippen MR) is 140 cm³/mol. The molecule has 0 N–H and O–H groups in total. The molecule has 4 aromatic rings. The van der Waals surface area contributed by atoms with Gasteiger partial charge in [-0.1, -0.05) is 30.3 Å². The first-order valence-electron chi connectivity index (χ1n) is 13.2. The first-order chi connectivity index (χ1) is 18.3. The summed E-state index contributed by atoms with van der Waals surface area (Å²) < 4.78 is 61.8. The van der Waals surface area contributed by atoms with Gasteiger partial charge in [0.15, 0.2) is 0 Å². The number of aryl methyl sites for hydroxylation is 1. The lowest BCUT2D eigenvalue weighted by atomic mass is 9.84. The molecule has 3 heterocycles. The van der Waals surface area contributed by atoms with E-state index in [1.165, 1.54) is 29.3 Å². The van der Waals surface area contributed by atoms with Crippen LogP contribution in [-0.2, 0) is 29.5 Å². The molecule has 1 spiro atoms. The first kappa shape index (κ1) is 25.1. The Morgan fingerprint density at radius 2 is 1.66 bits per heavy atom. The Hall–Kier alpha value is -3.16. The molecule has 3 nitrogen and oxygen atoms in total. The number of hydrogen-bond donors (Lipinski definition) is 0. The molecule has 7 heteroatoms. The standard InChI is InChI=1S/C31H30F4N2O/c32-25-9-11-26(12-10-25)37-20-22(27-13-8-24(19-29(27)37)31(33,34)35)5-3-4-16-36-17-14-30(15-18-36)28-7-2-1-6-23(28)21-38-30/h1-2,6-13,19-20H,3-5,14-18,21H2. The average molecular weight is 523 g/mol. The molecule has 6 rings (SSSR count). The van der Waals surface area contributed by atoms with E-state index in [9.17, 15) is 17.6 Å². The van der Waals surface area contributed by atoms with Gasteiger partial charge in [-0.25, -0.2) is 4.39 Å². The van der Waals surface area contributed by atoms with Crippen molar-refractivity contribution in [2.45, 2.75) is 50.5 Å². The van der Waals surface area contributed by atoms with E-state index in [1.54, 1.807) is 22.8 Å². The van der Waals surface area contributed by atoms with E-state index in [1.807, 2.05) is 6.20 Å². The molecule has 1 fully saturated rings. The van der Waals surface area contributed by atoms with Gasteiger partial charge >= 0.3 is 6.18 Å². The number of nitrogens with zero attached hydrogens (tertiary/aromatic N) is 2. The van der Waals surface area contributed by atoms with Crippen LogP contribution in [0.15, 0.2) is 72.9 Å². The van der Waals surface area contributed by atoms with E-state index >= 15 is 0 Å². The van der Waals surface area contributed by atoms with Crippen LogP contribution >= 0.6 is 0 Å². The fourth-order valence-electron chi connectivity index (χ4n) is 6.07. The second-order valence-electron chi connectivity index (χ2n) is 10.5. The Labute approximate surface area is 219 Å². The number of piperidine rings is 1. The molecule has 0 amide bonds. The summed E-state index contributed by atoms with van der Waals surface area (Å²) in [5.74, 6) is -0.381. The highest BCUT2D eigenvalue weighted by Crippen LogP contribution is 2.44. The van der Waals surface area contributed by atoms with E-state index in [0.717, 1.165) is 68.8 Å². The summed E-state index contributed by atoms with van der Waals surface area (Å²) in [6, 6.07) is 18.3. The van der Waals surface area contributed by atoms with Gasteiger partial charge in [0.05, 0.1) is 23.3 Å². The molecule has 0 atom stereocenters. The highest BCUT2D eigenvalue weighted by Gasteiger charge is 2.42. The van der Waals surface area contributed by atoms with Crippen LogP contribution in [0.25, 0.3) is 16.6 Å². The number of rotatable bonds is 6. The zero-order valence-corrected chi connectivity index (χ0v) is 21.1. The van der Waals surface area contributed by atoms with Crippen molar-refractivity contribution < 1.29 is 22.3 Å². The minimum absolute atomic E-state index is 0.134. The Morgan fingerprint density at radius 1 is 0.895 bits per heavy atom. The number of halogens is 4. The predicted octanol–water partition coefficient (Wildman–Crippen LogP) is 7.63. The number of benzene rings is 3. The zero-order chi connectivity index (χ0) is 26.3. The molecule has 38 heavy (non-hydrogen) atoms. The quantitative estimate of drug-likeness (QED) is 0.191. The van der Waals surface area contributed by atoms with Gasteiger partial charge in [0, 0.05) is 30.4 Å². The van der Waals surface area contributed by atoms with Crippen molar-refractivity contribution in [3.8, 4) is 5.69 Å². The highest BCUT2D eigenvalue weighted by atomic mass is 19.4. The molecule has 0 radical (unpaired) electrons. The minimum atomic E-state index is -4.43. The number of alkyl halides is 3. The summed E-state index contributed by atoms with van der Waals surface area (Å²) >= 11 is 0. The minimum Gasteiger partial charge on any atom is -0.365 e. The maximum absolute atomic E-state index is 13.5. The maximum atomic E-state index is 13.5. The van der Waals surface area contributed by atoms with Crippen molar-refractivity contribution in [3.63, 3.8) is 0 Å². The van der Waals surface area contributed by atoms with E-state index in [0.29, 0.717) is 17.8 Å². The van der Waals surface area contributed by atoms with Crippen LogP contribution in [0.3, 0.4) is 0 Å². The molecule has 0 saturated carbocycles. The van der Waals surface area contributed by atoms with Gasteiger partial charge in [-0.2, -0.15) is 13.2 Å². The van der Waals surface area contributed by atoms with E-state index in [-0.39, 0.29) is 11.4 Å². The van der Waals surface area contributed by atoms with Crippen molar-refractivity contribution >= 4 is 10.9 Å². The lowest BCUT2D eigenvalue weighted by Gasteiger charge is -2.39. The van der Waals surface area contributed by atoms with Crippen LogP contribution in [-0.4, -0.2) is 29.1 Å². The fourth-order valence-corrected chi connectivity index (χ4v) is 6.07. The molecule has 198 valence electrons. The lowest BCUT2D eigenvalue weighted by molar-refractivity contribution is -0.137. The van der Waals surface area contributed by atoms with Gasteiger partial charge in [-0.3, -0.25) is 0 Å². The highest BCUT2D eigenvalue weighted by molar-refractivity contribution is 5.86. The smallest absolute Gasteiger partial charge is 0.365 e. The Morgan fingerprint density at radius 3 is 2.42 bits per heavy atom. The van der Waals surface area contributed by atoms with E-state index in [2.05, 4.69) is 29.2 Å². The van der Waals surface area contributed by atoms with Crippen LogP contribution in [0.4, 0.5) is 17.6 Å². The number of fused-ring (bicyclic) bond motifs is 3. The SMILES string of the molecule is Fc1ccc(-n2cc(CCCCN3CCC4(CC3)OCc3ccccc34)c3ccc(C(F)(F)F)cc32)cc1. The summed E-state index contributed by atoms with van der Waals surface area (Å²) in [6.45, 7) is 3.69. The summed E-state index contributed by atoms with van der Waals surface area (Å²) in [5, 5.41) is 0.805. The van der Waals surface area contributed by atoms with Gasteiger partial charge in [-0.05, 0) is 91.7 Å². The summed E-state index contributed by atoms with van der Waals surface area (Å²) in [7, 11) is 0. The molecule has 2 aliphatic rings. The number of ether oxygens (including phenoxy) is 1. The van der Waals surface area contributed by atoms with Crippen molar-refractivity contribution in [1.29, 1.82) is 0 Å². The molecule has 1 saturated heterocycles. The molecular formula is C31H30F4N2O. The van der Waals surface area contributed by atoms with Crippen LogP contribution in [0, 0.1) is 5.82 Å². The molecular weight excluding hydrogens is 492 g/mol. The van der Waals surface area contributed by atoms with Crippen LogP contribution in [0.2, 0.25) is 0 Å². The van der Waals surface area contributed by atoms with Gasteiger partial charge in [-0.15, -0.1) is 0 Å². The second kappa shape index (κ2) is 9.86. The first-order valence-corrected chi connectivity index (χ1v) is 13.2. The van der Waals surface area contributed by atoms with Crippen molar-refractivity contribution in [1.82, 2.24) is 9.47 Å². The topological polar surface area (TPSA) is 17.4 Å². The lowest BCUT2D eigenvalue weighted by Crippen LogP contribution is -2.42. The summed E-state index contributed by atoms with van der Waals surface area (Å²) in [4.78, 5) is 2.49. The van der Waals surface area contributed by atoms with Gasteiger partial charge in [0.1, 0.15) is 5.82 Å². The third-order valence-corrected chi connectivity index (χ3v) is 8.17. The van der Waals surface area contributed by atoms with Crippen LogP contribution in [0.5, 0.6) is 0 Å². The van der Waals surface area contributed by atoms with Gasteiger partial charge < -0.3 is 14.2 Å². The Kier molecular flexibility index (Phi) is 6.52. The summed E-state index contributed by atoms with van der Waals surface area (Å²) in [6.07, 6.45) is 2.18. The number of aromatic nitrogens is 1. The fraction of sp³-hybridized carbons (Fsp3) is 0.355. The summed E-state index contributed by atoms with van der Waals surface area (Å²) in [5.41, 5.74) is 3.97. The Balaban J connectivity index is 1.12. The molecule has 3 aromatic carbocycles. The maximum Gasteiger partial charge on any atom is 0.416 e. The monoisotopic (exact) mass is 522 g/mol. The second-order valence-corrected chi connectivity index (χ2v) is 10.5. The number of likely N-dealkylation sites (tertiary alicyclic amines) is 1. The molecule has 2 aliphatic heterocycles. The molecule has 0 aliphatic carbocycles. The third-order valence-electron chi connectivity index (χ3n) is 8.17. The number of hydrogen-bond acceptors (Lipinski definition) is 2. The third kappa shape index (κ3) is 4.74. The average Bonchev–Trinajstić information content (AvgIpc) is 3.46. The molecule has 0 unspecified atom stereocenters. The van der Waals surface area contributed by atoms with E-state index in [4.69, 9.17) is 4.74 Å². The normalized spacial score (nSPS) is 17.4.